The molecule has 3 fully saturated rings. The van der Waals surface area contributed by atoms with Crippen molar-refractivity contribution in [3.63, 3.8) is 0 Å². The summed E-state index contributed by atoms with van der Waals surface area (Å²) >= 11 is 12.6. The van der Waals surface area contributed by atoms with Gasteiger partial charge in [0, 0.05) is 60.2 Å². The second kappa shape index (κ2) is 11.5. The van der Waals surface area contributed by atoms with Gasteiger partial charge in [-0.3, -0.25) is 19.2 Å². The summed E-state index contributed by atoms with van der Waals surface area (Å²) in [5, 5.41) is 0.930. The lowest BCUT2D eigenvalue weighted by atomic mass is 9.66. The van der Waals surface area contributed by atoms with Crippen LogP contribution in [0.5, 0.6) is 0 Å². The fraction of sp³-hybridized carbons (Fsp3) is 0.586. The maximum absolute atomic E-state index is 14.0. The monoisotopic (exact) mass is 575 g/mol. The SMILES string of the molecule is CCOC(=O)[C@]12CCCC=C1N(Cc1ccc(Cl)cc1Cl)C(=O)[C@H](CC(=O)N1CCN(C(=O)C3CC3)CC1)C2. The van der Waals surface area contributed by atoms with Crippen LogP contribution in [0.25, 0.3) is 0 Å². The summed E-state index contributed by atoms with van der Waals surface area (Å²) in [5.74, 6) is -0.989. The van der Waals surface area contributed by atoms with Gasteiger partial charge in [-0.1, -0.05) is 35.3 Å². The van der Waals surface area contributed by atoms with Crippen LogP contribution in [-0.2, 0) is 30.5 Å². The summed E-state index contributed by atoms with van der Waals surface area (Å²) < 4.78 is 5.55. The highest BCUT2D eigenvalue weighted by atomic mass is 35.5. The lowest BCUT2D eigenvalue weighted by molar-refractivity contribution is -0.163. The highest BCUT2D eigenvalue weighted by molar-refractivity contribution is 6.35. The van der Waals surface area contributed by atoms with Crippen LogP contribution in [0.3, 0.4) is 0 Å². The van der Waals surface area contributed by atoms with Gasteiger partial charge in [0.05, 0.1) is 13.2 Å². The zero-order valence-corrected chi connectivity index (χ0v) is 23.8. The molecule has 10 heteroatoms. The summed E-state index contributed by atoms with van der Waals surface area (Å²) in [6, 6.07) is 5.14. The van der Waals surface area contributed by atoms with E-state index < -0.39 is 11.3 Å². The maximum atomic E-state index is 14.0. The molecule has 1 aromatic rings. The van der Waals surface area contributed by atoms with Crippen molar-refractivity contribution in [3.05, 3.63) is 45.6 Å². The number of allylic oxidation sites excluding steroid dienone is 1. The van der Waals surface area contributed by atoms with E-state index in [2.05, 4.69) is 0 Å². The summed E-state index contributed by atoms with van der Waals surface area (Å²) in [5.41, 5.74) is 0.377. The third-order valence-electron chi connectivity index (χ3n) is 8.44. The van der Waals surface area contributed by atoms with Gasteiger partial charge in [0.15, 0.2) is 0 Å². The first-order valence-corrected chi connectivity index (χ1v) is 14.7. The van der Waals surface area contributed by atoms with Gasteiger partial charge in [0.1, 0.15) is 5.41 Å². The average molecular weight is 577 g/mol. The van der Waals surface area contributed by atoms with Crippen LogP contribution in [0.2, 0.25) is 10.0 Å². The molecule has 4 aliphatic rings. The molecule has 0 aromatic heterocycles. The van der Waals surface area contributed by atoms with Crippen molar-refractivity contribution < 1.29 is 23.9 Å². The molecule has 1 saturated carbocycles. The van der Waals surface area contributed by atoms with Crippen LogP contribution in [0, 0.1) is 17.3 Å². The van der Waals surface area contributed by atoms with Crippen molar-refractivity contribution in [1.82, 2.24) is 14.7 Å². The first kappa shape index (κ1) is 28.0. The fourth-order valence-electron chi connectivity index (χ4n) is 6.19. The van der Waals surface area contributed by atoms with Gasteiger partial charge in [-0.2, -0.15) is 0 Å². The molecule has 5 rings (SSSR count). The number of esters is 1. The minimum atomic E-state index is -0.985. The molecule has 2 heterocycles. The molecule has 2 aliphatic carbocycles. The molecule has 39 heavy (non-hydrogen) atoms. The quantitative estimate of drug-likeness (QED) is 0.449. The molecule has 1 aromatic carbocycles. The number of halogens is 2. The van der Waals surface area contributed by atoms with E-state index in [0.29, 0.717) is 53.9 Å². The minimum absolute atomic E-state index is 0.00862. The van der Waals surface area contributed by atoms with Crippen LogP contribution in [0.15, 0.2) is 30.0 Å². The predicted molar refractivity (Wildman–Crippen MR) is 147 cm³/mol. The van der Waals surface area contributed by atoms with E-state index in [4.69, 9.17) is 27.9 Å². The molecule has 210 valence electrons. The normalized spacial score (nSPS) is 25.2. The number of piperazine rings is 1. The number of ether oxygens (including phenoxy) is 1. The largest absolute Gasteiger partial charge is 0.465 e. The van der Waals surface area contributed by atoms with Gasteiger partial charge in [-0.15, -0.1) is 0 Å². The minimum Gasteiger partial charge on any atom is -0.465 e. The molecule has 0 spiro atoms. The Hall–Kier alpha value is -2.58. The molecule has 0 bridgehead atoms. The van der Waals surface area contributed by atoms with Crippen LogP contribution in [-0.4, -0.2) is 71.2 Å². The number of carbonyl (C=O) groups is 4. The highest BCUT2D eigenvalue weighted by Gasteiger charge is 2.54. The van der Waals surface area contributed by atoms with E-state index in [1.54, 1.807) is 34.9 Å². The van der Waals surface area contributed by atoms with Crippen molar-refractivity contribution in [2.75, 3.05) is 32.8 Å². The molecular formula is C29H35Cl2N3O5. The van der Waals surface area contributed by atoms with Gasteiger partial charge >= 0.3 is 5.97 Å². The van der Waals surface area contributed by atoms with Crippen LogP contribution in [0.4, 0.5) is 0 Å². The first-order valence-electron chi connectivity index (χ1n) is 13.9. The zero-order chi connectivity index (χ0) is 27.7. The van der Waals surface area contributed by atoms with Crippen molar-refractivity contribution in [2.45, 2.75) is 58.4 Å². The number of likely N-dealkylation sites (tertiary alicyclic amines) is 1. The Morgan fingerprint density at radius 1 is 1.08 bits per heavy atom. The van der Waals surface area contributed by atoms with E-state index in [1.165, 1.54) is 0 Å². The molecule has 2 saturated heterocycles. The molecule has 2 atom stereocenters. The fourth-order valence-corrected chi connectivity index (χ4v) is 6.66. The molecule has 0 radical (unpaired) electrons. The van der Waals surface area contributed by atoms with Crippen LogP contribution >= 0.6 is 23.2 Å². The van der Waals surface area contributed by atoms with Gasteiger partial charge in [-0.25, -0.2) is 0 Å². The van der Waals surface area contributed by atoms with E-state index >= 15 is 0 Å². The molecular weight excluding hydrogens is 541 g/mol. The van der Waals surface area contributed by atoms with Crippen molar-refractivity contribution >= 4 is 46.9 Å². The van der Waals surface area contributed by atoms with Gasteiger partial charge < -0.3 is 19.4 Å². The summed E-state index contributed by atoms with van der Waals surface area (Å²) in [7, 11) is 0. The average Bonchev–Trinajstić information content (AvgIpc) is 3.77. The Kier molecular flexibility index (Phi) is 8.24. The van der Waals surface area contributed by atoms with E-state index in [-0.39, 0.29) is 55.6 Å². The molecule has 2 aliphatic heterocycles. The number of fused-ring (bicyclic) bond motifs is 1. The third kappa shape index (κ3) is 5.68. The van der Waals surface area contributed by atoms with Crippen molar-refractivity contribution in [1.29, 1.82) is 0 Å². The number of amides is 3. The van der Waals surface area contributed by atoms with Gasteiger partial charge in [0.25, 0.3) is 0 Å². The Bertz CT molecular complexity index is 1190. The summed E-state index contributed by atoms with van der Waals surface area (Å²) in [6.45, 7) is 4.12. The van der Waals surface area contributed by atoms with Gasteiger partial charge in [0.2, 0.25) is 17.7 Å². The number of benzene rings is 1. The number of hydrogen-bond acceptors (Lipinski definition) is 5. The maximum Gasteiger partial charge on any atom is 0.318 e. The Labute approximate surface area is 239 Å². The summed E-state index contributed by atoms with van der Waals surface area (Å²) in [6.07, 6.45) is 6.24. The first-order chi connectivity index (χ1) is 18.7. The number of hydrogen-bond donors (Lipinski definition) is 0. The van der Waals surface area contributed by atoms with Gasteiger partial charge in [-0.05, 0) is 63.1 Å². The number of carbonyl (C=O) groups excluding carboxylic acids is 4. The lowest BCUT2D eigenvalue weighted by Crippen LogP contribution is -2.55. The molecule has 0 unspecified atom stereocenters. The van der Waals surface area contributed by atoms with E-state index in [1.807, 2.05) is 11.0 Å². The predicted octanol–water partition coefficient (Wildman–Crippen LogP) is 4.43. The second-order valence-corrected chi connectivity index (χ2v) is 11.9. The highest BCUT2D eigenvalue weighted by Crippen LogP contribution is 2.50. The third-order valence-corrected chi connectivity index (χ3v) is 9.02. The smallest absolute Gasteiger partial charge is 0.318 e. The zero-order valence-electron chi connectivity index (χ0n) is 22.3. The Morgan fingerprint density at radius 2 is 1.79 bits per heavy atom. The van der Waals surface area contributed by atoms with Crippen LogP contribution in [0.1, 0.15) is 57.4 Å². The number of rotatable bonds is 7. The number of piperidine rings is 1. The molecule has 3 amide bonds. The molecule has 0 N–H and O–H groups in total. The topological polar surface area (TPSA) is 87.2 Å². The molecule has 8 nitrogen and oxygen atoms in total. The second-order valence-electron chi connectivity index (χ2n) is 11.0. The Morgan fingerprint density at radius 3 is 2.46 bits per heavy atom. The Balaban J connectivity index is 1.37. The number of nitrogens with zero attached hydrogens (tertiary/aromatic N) is 3. The van der Waals surface area contributed by atoms with E-state index in [0.717, 1.165) is 25.7 Å². The van der Waals surface area contributed by atoms with E-state index in [9.17, 15) is 19.2 Å². The summed E-state index contributed by atoms with van der Waals surface area (Å²) in [4.78, 5) is 58.5. The van der Waals surface area contributed by atoms with Crippen molar-refractivity contribution in [3.8, 4) is 0 Å². The lowest BCUT2D eigenvalue weighted by Gasteiger charge is -2.48. The van der Waals surface area contributed by atoms with Crippen molar-refractivity contribution in [2.24, 2.45) is 17.3 Å². The van der Waals surface area contributed by atoms with Crippen LogP contribution < -0.4 is 0 Å². The standard InChI is InChI=1S/C29H35Cl2N3O5/c1-2-39-28(38)29-10-4-3-5-24(29)34(18-20-8-9-22(30)16-23(20)31)27(37)21(17-29)15-25(35)32-11-13-33(14-12-32)26(36)19-6-7-19/h5,8-9,16,19,21H,2-4,6-7,10-15,17-18H2,1H3/t21-,29+/m1/s1.